The molecule has 0 aliphatic heterocycles. The summed E-state index contributed by atoms with van der Waals surface area (Å²) < 4.78 is 15.3. The molecule has 0 bridgehead atoms. The van der Waals surface area contributed by atoms with E-state index in [1.807, 2.05) is 0 Å². The van der Waals surface area contributed by atoms with Crippen molar-refractivity contribution in [1.82, 2.24) is 0 Å². The van der Waals surface area contributed by atoms with Crippen LogP contribution in [0.2, 0.25) is 0 Å². The SMILES string of the molecule is CCCCC[P+](=O)OC(C)=O. The summed E-state index contributed by atoms with van der Waals surface area (Å²) in [5, 5.41) is 0. The first-order valence-electron chi connectivity index (χ1n) is 3.80. The summed E-state index contributed by atoms with van der Waals surface area (Å²) in [6.45, 7) is 3.34. The van der Waals surface area contributed by atoms with Crippen LogP contribution in [0.3, 0.4) is 0 Å². The van der Waals surface area contributed by atoms with Crippen LogP contribution in [-0.2, 0) is 13.9 Å². The quantitative estimate of drug-likeness (QED) is 0.478. The largest absolute Gasteiger partial charge is 0.558 e. The lowest BCUT2D eigenvalue weighted by Crippen LogP contribution is -1.91. The highest BCUT2D eigenvalue weighted by Gasteiger charge is 2.18. The van der Waals surface area contributed by atoms with Gasteiger partial charge in [0.2, 0.25) is 0 Å². The van der Waals surface area contributed by atoms with Gasteiger partial charge in [0.15, 0.2) is 6.16 Å². The van der Waals surface area contributed by atoms with Gasteiger partial charge in [0.25, 0.3) is 0 Å². The van der Waals surface area contributed by atoms with Crippen molar-refractivity contribution in [3.63, 3.8) is 0 Å². The number of hydrogen-bond donors (Lipinski definition) is 0. The van der Waals surface area contributed by atoms with Crippen molar-refractivity contribution in [3.05, 3.63) is 0 Å². The molecule has 0 saturated carbocycles. The third kappa shape index (κ3) is 7.47. The minimum atomic E-state index is -1.73. The van der Waals surface area contributed by atoms with Gasteiger partial charge in [0.05, 0.1) is 0 Å². The lowest BCUT2D eigenvalue weighted by Gasteiger charge is -1.87. The minimum absolute atomic E-state index is 0.456. The maximum atomic E-state index is 10.8. The molecule has 0 amide bonds. The molecule has 4 heteroatoms. The molecule has 0 aromatic rings. The Balaban J connectivity index is 3.30. The Hall–Kier alpha value is -0.430. The Kier molecular flexibility index (Phi) is 6.05. The second kappa shape index (κ2) is 6.29. The average Bonchev–Trinajstić information content (AvgIpc) is 1.86. The smallest absolute Gasteiger partial charge is 0.247 e. The summed E-state index contributed by atoms with van der Waals surface area (Å²) in [6.07, 6.45) is 3.51. The molecule has 1 atom stereocenters. The Morgan fingerprint density at radius 2 is 2.09 bits per heavy atom. The van der Waals surface area contributed by atoms with Gasteiger partial charge in [0, 0.05) is 6.92 Å². The fraction of sp³-hybridized carbons (Fsp3) is 0.857. The molecule has 1 unspecified atom stereocenters. The van der Waals surface area contributed by atoms with Crippen molar-refractivity contribution in [3.8, 4) is 0 Å². The van der Waals surface area contributed by atoms with Crippen LogP contribution in [0.25, 0.3) is 0 Å². The van der Waals surface area contributed by atoms with E-state index in [1.54, 1.807) is 0 Å². The summed E-state index contributed by atoms with van der Waals surface area (Å²) in [6, 6.07) is 0. The van der Waals surface area contributed by atoms with Gasteiger partial charge in [-0.3, -0.25) is 0 Å². The first-order chi connectivity index (χ1) is 5.16. The third-order valence-corrected chi connectivity index (χ3v) is 2.32. The van der Waals surface area contributed by atoms with Crippen LogP contribution in [0.15, 0.2) is 0 Å². The Bertz CT molecular complexity index is 145. The van der Waals surface area contributed by atoms with Crippen molar-refractivity contribution < 1.29 is 13.9 Å². The number of unbranched alkanes of at least 4 members (excludes halogenated alkanes) is 2. The van der Waals surface area contributed by atoms with E-state index < -0.39 is 14.0 Å². The van der Waals surface area contributed by atoms with Crippen molar-refractivity contribution >= 4 is 14.0 Å². The molecule has 3 nitrogen and oxygen atoms in total. The Labute approximate surface area is 68.0 Å². The first-order valence-corrected chi connectivity index (χ1v) is 5.16. The van der Waals surface area contributed by atoms with Gasteiger partial charge in [0.1, 0.15) is 0 Å². The topological polar surface area (TPSA) is 43.4 Å². The number of carbonyl (C=O) groups is 1. The first kappa shape index (κ1) is 10.6. The van der Waals surface area contributed by atoms with Crippen molar-refractivity contribution in [2.45, 2.75) is 33.1 Å². The van der Waals surface area contributed by atoms with E-state index in [9.17, 15) is 9.36 Å². The zero-order valence-corrected chi connectivity index (χ0v) is 7.89. The molecule has 0 aromatic carbocycles. The molecule has 0 rings (SSSR count). The highest BCUT2D eigenvalue weighted by Crippen LogP contribution is 2.23. The lowest BCUT2D eigenvalue weighted by molar-refractivity contribution is -0.131. The van der Waals surface area contributed by atoms with Crippen LogP contribution >= 0.6 is 8.03 Å². The van der Waals surface area contributed by atoms with Gasteiger partial charge in [-0.1, -0.05) is 13.3 Å². The van der Waals surface area contributed by atoms with Gasteiger partial charge in [-0.15, -0.1) is 0 Å². The van der Waals surface area contributed by atoms with E-state index in [0.29, 0.717) is 6.16 Å². The zero-order valence-electron chi connectivity index (χ0n) is 7.00. The van der Waals surface area contributed by atoms with E-state index in [2.05, 4.69) is 11.4 Å². The van der Waals surface area contributed by atoms with E-state index in [1.165, 1.54) is 6.92 Å². The second-order valence-electron chi connectivity index (χ2n) is 2.35. The minimum Gasteiger partial charge on any atom is -0.247 e. The van der Waals surface area contributed by atoms with Crippen molar-refractivity contribution in [1.29, 1.82) is 0 Å². The van der Waals surface area contributed by atoms with E-state index >= 15 is 0 Å². The fourth-order valence-corrected chi connectivity index (χ4v) is 1.54. The summed E-state index contributed by atoms with van der Waals surface area (Å²) in [5.41, 5.74) is 0. The normalized spacial score (nSPS) is 10.9. The highest BCUT2D eigenvalue weighted by molar-refractivity contribution is 7.39. The van der Waals surface area contributed by atoms with E-state index in [4.69, 9.17) is 0 Å². The maximum Gasteiger partial charge on any atom is 0.558 e. The Morgan fingerprint density at radius 1 is 1.45 bits per heavy atom. The number of rotatable bonds is 5. The third-order valence-electron chi connectivity index (χ3n) is 1.17. The monoisotopic (exact) mass is 177 g/mol. The van der Waals surface area contributed by atoms with Crippen LogP contribution in [0.5, 0.6) is 0 Å². The van der Waals surface area contributed by atoms with E-state index in [-0.39, 0.29) is 0 Å². The van der Waals surface area contributed by atoms with Gasteiger partial charge in [-0.05, 0) is 17.4 Å². The molecule has 64 valence electrons. The van der Waals surface area contributed by atoms with Crippen LogP contribution in [-0.4, -0.2) is 12.1 Å². The maximum absolute atomic E-state index is 10.8. The molecule has 0 heterocycles. The number of hydrogen-bond acceptors (Lipinski definition) is 3. The zero-order chi connectivity index (χ0) is 8.69. The summed E-state index contributed by atoms with van der Waals surface area (Å²) in [5.74, 6) is -0.456. The summed E-state index contributed by atoms with van der Waals surface area (Å²) in [7, 11) is -1.73. The molecule has 0 spiro atoms. The van der Waals surface area contributed by atoms with Gasteiger partial charge >= 0.3 is 14.0 Å². The predicted octanol–water partition coefficient (Wildman–Crippen LogP) is 2.48. The van der Waals surface area contributed by atoms with E-state index in [0.717, 1.165) is 19.3 Å². The van der Waals surface area contributed by atoms with Crippen molar-refractivity contribution in [2.24, 2.45) is 0 Å². The van der Waals surface area contributed by atoms with Crippen molar-refractivity contribution in [2.75, 3.05) is 6.16 Å². The van der Waals surface area contributed by atoms with Crippen LogP contribution < -0.4 is 0 Å². The molecule has 0 aliphatic carbocycles. The van der Waals surface area contributed by atoms with Crippen LogP contribution in [0, 0.1) is 0 Å². The fourth-order valence-electron chi connectivity index (χ4n) is 0.680. The molecule has 0 saturated heterocycles. The van der Waals surface area contributed by atoms with Crippen LogP contribution in [0.1, 0.15) is 33.1 Å². The van der Waals surface area contributed by atoms with Gasteiger partial charge < -0.3 is 0 Å². The number of carbonyl (C=O) groups excluding carboxylic acids is 1. The Morgan fingerprint density at radius 3 is 2.55 bits per heavy atom. The molecule has 0 N–H and O–H groups in total. The van der Waals surface area contributed by atoms with Crippen LogP contribution in [0.4, 0.5) is 0 Å². The predicted molar refractivity (Wildman–Crippen MR) is 43.8 cm³/mol. The van der Waals surface area contributed by atoms with Gasteiger partial charge in [-0.25, -0.2) is 9.32 Å². The molecular formula is C7H14O3P+. The highest BCUT2D eigenvalue weighted by atomic mass is 31.1. The summed E-state index contributed by atoms with van der Waals surface area (Å²) in [4.78, 5) is 10.3. The standard InChI is InChI=1S/C7H14O3P/c1-3-4-5-6-11(9)10-7(2)8/h3-6H2,1-2H3/q+1. The molecular weight excluding hydrogens is 163 g/mol. The molecule has 0 aromatic heterocycles. The van der Waals surface area contributed by atoms with Gasteiger partial charge in [-0.2, -0.15) is 0 Å². The lowest BCUT2D eigenvalue weighted by atomic mass is 10.3. The molecule has 11 heavy (non-hydrogen) atoms. The molecule has 0 radical (unpaired) electrons. The molecule has 0 fully saturated rings. The summed E-state index contributed by atoms with van der Waals surface area (Å²) >= 11 is 0. The average molecular weight is 177 g/mol. The second-order valence-corrected chi connectivity index (χ2v) is 3.64. The molecule has 0 aliphatic rings.